The number of hydrogen-bond acceptors (Lipinski definition) is 7. The zero-order valence-corrected chi connectivity index (χ0v) is 22.8. The summed E-state index contributed by atoms with van der Waals surface area (Å²) >= 11 is 0. The second kappa shape index (κ2) is 15.6. The van der Waals surface area contributed by atoms with Crippen LogP contribution in [0.15, 0.2) is 54.6 Å². The number of likely N-dealkylation sites (N-methyl/N-ethyl adjacent to an activating group) is 1. The number of allylic oxidation sites excluding steroid dienone is 2. The molecule has 1 fully saturated rings. The molecule has 0 amide bonds. The molecule has 1 aromatic carbocycles. The van der Waals surface area contributed by atoms with Crippen molar-refractivity contribution in [1.82, 2.24) is 0 Å². The van der Waals surface area contributed by atoms with Crippen molar-refractivity contribution in [3.05, 3.63) is 60.2 Å². The van der Waals surface area contributed by atoms with Gasteiger partial charge in [-0.1, -0.05) is 54.6 Å². The van der Waals surface area contributed by atoms with Crippen LogP contribution in [0.25, 0.3) is 0 Å². The van der Waals surface area contributed by atoms with Crippen LogP contribution < -0.4 is 5.11 Å². The van der Waals surface area contributed by atoms with Gasteiger partial charge < -0.3 is 29.3 Å². The van der Waals surface area contributed by atoms with Crippen LogP contribution in [0.3, 0.4) is 0 Å². The van der Waals surface area contributed by atoms with Crippen LogP contribution in [-0.2, 0) is 25.5 Å². The number of ketones is 1. The zero-order valence-electron chi connectivity index (χ0n) is 22.8. The van der Waals surface area contributed by atoms with Crippen molar-refractivity contribution >= 4 is 17.7 Å². The molecular weight excluding hydrogens is 486 g/mol. The molecule has 0 spiro atoms. The van der Waals surface area contributed by atoms with Crippen LogP contribution in [0.2, 0.25) is 0 Å². The number of carbonyl (C=O) groups excluding carboxylic acids is 3. The van der Waals surface area contributed by atoms with E-state index in [9.17, 15) is 29.7 Å². The molecule has 8 heteroatoms. The van der Waals surface area contributed by atoms with E-state index in [4.69, 9.17) is 4.74 Å². The third-order valence-electron chi connectivity index (χ3n) is 6.61. The van der Waals surface area contributed by atoms with E-state index in [0.717, 1.165) is 12.0 Å². The predicted molar refractivity (Wildman–Crippen MR) is 143 cm³/mol. The molecule has 0 heterocycles. The molecule has 5 unspecified atom stereocenters. The quantitative estimate of drug-likeness (QED) is 0.145. The van der Waals surface area contributed by atoms with Crippen molar-refractivity contribution in [1.29, 1.82) is 0 Å². The fraction of sp³-hybridized carbons (Fsp3) is 0.567. The number of hydrogen-bond donors (Lipinski definition) is 2. The summed E-state index contributed by atoms with van der Waals surface area (Å²) < 4.78 is 5.82. The molecule has 1 aromatic rings. The lowest BCUT2D eigenvalue weighted by Crippen LogP contribution is -2.45. The molecule has 1 aliphatic carbocycles. The number of rotatable bonds is 16. The van der Waals surface area contributed by atoms with Crippen LogP contribution in [0.1, 0.15) is 50.5 Å². The molecule has 0 aromatic heterocycles. The van der Waals surface area contributed by atoms with Crippen molar-refractivity contribution in [2.45, 2.75) is 69.7 Å². The van der Waals surface area contributed by atoms with Gasteiger partial charge >= 0.3 is 5.97 Å². The fourth-order valence-corrected chi connectivity index (χ4v) is 4.75. The molecule has 0 aliphatic heterocycles. The highest BCUT2D eigenvalue weighted by atomic mass is 16.5. The number of carboxylic acids is 1. The topological polar surface area (TPSA) is 124 Å². The first kappa shape index (κ1) is 31.4. The van der Waals surface area contributed by atoms with Gasteiger partial charge in [0.25, 0.3) is 0 Å². The third-order valence-corrected chi connectivity index (χ3v) is 6.61. The Balaban J connectivity index is 1.76. The van der Waals surface area contributed by atoms with E-state index in [0.29, 0.717) is 36.7 Å². The van der Waals surface area contributed by atoms with Gasteiger partial charge in [-0.25, -0.2) is 0 Å². The summed E-state index contributed by atoms with van der Waals surface area (Å²) in [7, 11) is 5.68. The molecular formula is C30H43NO7. The van der Waals surface area contributed by atoms with Gasteiger partial charge in [-0.15, -0.1) is 0 Å². The van der Waals surface area contributed by atoms with Crippen LogP contribution in [0.4, 0.5) is 0 Å². The number of nitrogens with zero attached hydrogens (tertiary/aromatic N) is 1. The average molecular weight is 530 g/mol. The Morgan fingerprint density at radius 3 is 2.55 bits per heavy atom. The Morgan fingerprint density at radius 2 is 1.89 bits per heavy atom. The Morgan fingerprint density at radius 1 is 1.18 bits per heavy atom. The second-order valence-corrected chi connectivity index (χ2v) is 11.2. The minimum Gasteiger partial charge on any atom is -0.550 e. The van der Waals surface area contributed by atoms with Gasteiger partial charge in [-0.3, -0.25) is 9.59 Å². The number of esters is 1. The van der Waals surface area contributed by atoms with E-state index in [2.05, 4.69) is 0 Å². The monoisotopic (exact) mass is 529 g/mol. The number of benzene rings is 1. The van der Waals surface area contributed by atoms with Crippen LogP contribution in [0, 0.1) is 11.8 Å². The summed E-state index contributed by atoms with van der Waals surface area (Å²) in [5.74, 6) is -2.36. The normalized spacial score (nSPS) is 21.7. The predicted octanol–water partition coefficient (Wildman–Crippen LogP) is 1.98. The van der Waals surface area contributed by atoms with Gasteiger partial charge in [0.15, 0.2) is 6.10 Å². The molecule has 1 aliphatic rings. The number of quaternary nitrogens is 1. The molecule has 0 bridgehead atoms. The van der Waals surface area contributed by atoms with Crippen molar-refractivity contribution in [2.24, 2.45) is 11.8 Å². The van der Waals surface area contributed by atoms with Crippen LogP contribution >= 0.6 is 0 Å². The highest BCUT2D eigenvalue weighted by molar-refractivity contribution is 5.84. The minimum atomic E-state index is -1.25. The van der Waals surface area contributed by atoms with E-state index in [1.807, 2.05) is 63.6 Å². The summed E-state index contributed by atoms with van der Waals surface area (Å²) in [5, 5.41) is 31.7. The van der Waals surface area contributed by atoms with Crippen LogP contribution in [-0.4, -0.2) is 78.4 Å². The maximum absolute atomic E-state index is 12.4. The average Bonchev–Trinajstić information content (AvgIpc) is 3.09. The van der Waals surface area contributed by atoms with Gasteiger partial charge in [0, 0.05) is 37.1 Å². The Bertz CT molecular complexity index is 951. The maximum Gasteiger partial charge on any atom is 0.306 e. The number of aryl methyl sites for hydroxylation is 1. The summed E-state index contributed by atoms with van der Waals surface area (Å²) in [6, 6.07) is 9.91. The fourth-order valence-electron chi connectivity index (χ4n) is 4.75. The second-order valence-electron chi connectivity index (χ2n) is 11.2. The SMILES string of the molecule is C[N+](C)(C)CC(CC(=O)[O-])OC(=O)CCC/C=C/CC1C(=O)CC(O)C1/C=C/C(O)CCc1ccccc1. The molecule has 1 saturated carbocycles. The molecule has 38 heavy (non-hydrogen) atoms. The van der Waals surface area contributed by atoms with Gasteiger partial charge in [-0.2, -0.15) is 0 Å². The molecule has 210 valence electrons. The molecule has 5 atom stereocenters. The molecule has 0 radical (unpaired) electrons. The van der Waals surface area contributed by atoms with Gasteiger partial charge in [0.1, 0.15) is 12.3 Å². The number of Topliss-reactive ketones (excluding diaryl/α,β-unsaturated/α-hetero) is 1. The maximum atomic E-state index is 12.4. The van der Waals surface area contributed by atoms with E-state index >= 15 is 0 Å². The number of carbonyl (C=O) groups is 3. The highest BCUT2D eigenvalue weighted by Gasteiger charge is 2.39. The lowest BCUT2D eigenvalue weighted by atomic mass is 9.90. The number of unbranched alkanes of at least 4 members (excludes halogenated alkanes) is 1. The van der Waals surface area contributed by atoms with Crippen molar-refractivity contribution in [3.8, 4) is 0 Å². The summed E-state index contributed by atoms with van der Waals surface area (Å²) in [4.78, 5) is 35.6. The highest BCUT2D eigenvalue weighted by Crippen LogP contribution is 2.33. The molecule has 2 rings (SSSR count). The Hall–Kier alpha value is -2.81. The lowest BCUT2D eigenvalue weighted by Gasteiger charge is -2.29. The van der Waals surface area contributed by atoms with E-state index < -0.39 is 30.3 Å². The summed E-state index contributed by atoms with van der Waals surface area (Å²) in [6.45, 7) is 0.376. The molecule has 2 N–H and O–H groups in total. The molecule has 0 saturated heterocycles. The standard InChI is InChI=1S/C30H43NO7/c1-31(2,3)21-24(19-29(35)36)38-30(37)14-10-5-4-9-13-25-26(28(34)20-27(25)33)18-17-23(32)16-15-22-11-7-6-8-12-22/h4,6-9,11-12,17-18,23-26,28,32,34H,5,10,13-16,19-21H2,1-3H3/b9-4+,18-17+. The van der Waals surface area contributed by atoms with Crippen LogP contribution in [0.5, 0.6) is 0 Å². The number of carboxylic acid groups (broad SMARTS) is 1. The van der Waals surface area contributed by atoms with E-state index in [1.165, 1.54) is 0 Å². The largest absolute Gasteiger partial charge is 0.550 e. The Kier molecular flexibility index (Phi) is 12.9. The third kappa shape index (κ3) is 12.2. The van der Waals surface area contributed by atoms with Gasteiger partial charge in [0.05, 0.1) is 33.4 Å². The van der Waals surface area contributed by atoms with E-state index in [1.54, 1.807) is 12.2 Å². The number of ether oxygens (including phenoxy) is 1. The first-order chi connectivity index (χ1) is 17.9. The smallest absolute Gasteiger partial charge is 0.306 e. The number of aliphatic hydroxyl groups is 2. The minimum absolute atomic E-state index is 0.00960. The summed E-state index contributed by atoms with van der Waals surface area (Å²) in [5.41, 5.74) is 1.15. The number of aliphatic hydroxyl groups excluding tert-OH is 2. The summed E-state index contributed by atoms with van der Waals surface area (Å²) in [6.07, 6.45) is 8.00. The van der Waals surface area contributed by atoms with Crippen molar-refractivity contribution in [2.75, 3.05) is 27.7 Å². The Labute approximate surface area is 226 Å². The van der Waals surface area contributed by atoms with Crippen molar-refractivity contribution < 1.29 is 38.9 Å². The van der Waals surface area contributed by atoms with E-state index in [-0.39, 0.29) is 36.9 Å². The first-order valence-electron chi connectivity index (χ1n) is 13.4. The lowest BCUT2D eigenvalue weighted by molar-refractivity contribution is -0.873. The van der Waals surface area contributed by atoms with Crippen molar-refractivity contribution in [3.63, 3.8) is 0 Å². The van der Waals surface area contributed by atoms with Gasteiger partial charge in [-0.05, 0) is 37.7 Å². The molecule has 8 nitrogen and oxygen atoms in total. The first-order valence-corrected chi connectivity index (χ1v) is 13.4. The van der Waals surface area contributed by atoms with Gasteiger partial charge in [0.2, 0.25) is 0 Å². The zero-order chi connectivity index (χ0) is 28.1. The number of aliphatic carboxylic acids is 1.